The van der Waals surface area contributed by atoms with Gasteiger partial charge in [0, 0.05) is 6.07 Å². The van der Waals surface area contributed by atoms with Gasteiger partial charge in [0.05, 0.1) is 11.5 Å². The van der Waals surface area contributed by atoms with Crippen LogP contribution in [0.5, 0.6) is 0 Å². The highest BCUT2D eigenvalue weighted by molar-refractivity contribution is 5.91. The van der Waals surface area contributed by atoms with Crippen molar-refractivity contribution in [2.45, 2.75) is 18.4 Å². The van der Waals surface area contributed by atoms with Gasteiger partial charge in [0.1, 0.15) is 11.2 Å². The molecule has 8 nitrogen and oxygen atoms in total. The molecule has 0 radical (unpaired) electrons. The molecule has 0 bridgehead atoms. The van der Waals surface area contributed by atoms with E-state index in [1.165, 1.54) is 18.2 Å². The first-order chi connectivity index (χ1) is 9.44. The Balaban J connectivity index is 1.94. The average molecular weight is 279 g/mol. The molecule has 1 fully saturated rings. The fourth-order valence-corrected chi connectivity index (χ4v) is 1.79. The lowest BCUT2D eigenvalue weighted by molar-refractivity contribution is -0.383. The van der Waals surface area contributed by atoms with Crippen LogP contribution in [0.25, 0.3) is 0 Å². The molecular weight excluding hydrogens is 266 g/mol. The number of rotatable bonds is 6. The first-order valence-corrected chi connectivity index (χ1v) is 5.96. The SMILES string of the molecule is O=C(CNc1ccccc1[N+](=O)[O-])NC1(C(=O)O)CC1. The molecule has 106 valence electrons. The number of nitrogens with zero attached hydrogens (tertiary/aromatic N) is 1. The Hall–Kier alpha value is -2.64. The highest BCUT2D eigenvalue weighted by atomic mass is 16.6. The number of nitro benzene ring substituents is 1. The van der Waals surface area contributed by atoms with Gasteiger partial charge in [0.15, 0.2) is 0 Å². The smallest absolute Gasteiger partial charge is 0.329 e. The van der Waals surface area contributed by atoms with Gasteiger partial charge in [-0.15, -0.1) is 0 Å². The third-order valence-corrected chi connectivity index (χ3v) is 3.08. The lowest BCUT2D eigenvalue weighted by atomic mass is 10.2. The Bertz CT molecular complexity index is 568. The van der Waals surface area contributed by atoms with Gasteiger partial charge in [-0.05, 0) is 18.9 Å². The highest BCUT2D eigenvalue weighted by Gasteiger charge is 2.51. The number of hydrogen-bond acceptors (Lipinski definition) is 5. The zero-order valence-corrected chi connectivity index (χ0v) is 10.5. The van der Waals surface area contributed by atoms with Gasteiger partial charge in [-0.1, -0.05) is 12.1 Å². The second kappa shape index (κ2) is 5.16. The molecule has 1 saturated carbocycles. The minimum absolute atomic E-state index is 0.139. The molecule has 0 aliphatic heterocycles. The lowest BCUT2D eigenvalue weighted by Crippen LogP contribution is -2.45. The number of carboxylic acid groups (broad SMARTS) is 1. The number of carbonyl (C=O) groups excluding carboxylic acids is 1. The molecule has 2 rings (SSSR count). The van der Waals surface area contributed by atoms with Gasteiger partial charge < -0.3 is 15.7 Å². The van der Waals surface area contributed by atoms with Crippen LogP contribution in [-0.2, 0) is 9.59 Å². The summed E-state index contributed by atoms with van der Waals surface area (Å²) in [5.41, 5.74) is -1.08. The first-order valence-electron chi connectivity index (χ1n) is 5.96. The second-order valence-electron chi connectivity index (χ2n) is 4.56. The van der Waals surface area contributed by atoms with Crippen molar-refractivity contribution in [3.63, 3.8) is 0 Å². The zero-order chi connectivity index (χ0) is 14.8. The first kappa shape index (κ1) is 13.8. The molecule has 0 aromatic heterocycles. The second-order valence-corrected chi connectivity index (χ2v) is 4.56. The molecular formula is C12H13N3O5. The van der Waals surface area contributed by atoms with E-state index >= 15 is 0 Å². The van der Waals surface area contributed by atoms with E-state index < -0.39 is 22.3 Å². The van der Waals surface area contributed by atoms with Gasteiger partial charge in [0.2, 0.25) is 5.91 Å². The van der Waals surface area contributed by atoms with Gasteiger partial charge in [0.25, 0.3) is 5.69 Å². The molecule has 1 aliphatic carbocycles. The molecule has 20 heavy (non-hydrogen) atoms. The van der Waals surface area contributed by atoms with E-state index in [2.05, 4.69) is 10.6 Å². The fourth-order valence-electron chi connectivity index (χ4n) is 1.79. The monoisotopic (exact) mass is 279 g/mol. The third-order valence-electron chi connectivity index (χ3n) is 3.08. The van der Waals surface area contributed by atoms with Crippen LogP contribution in [0.1, 0.15) is 12.8 Å². The Morgan fingerprint density at radius 2 is 2.00 bits per heavy atom. The minimum atomic E-state index is -1.15. The number of nitro groups is 1. The van der Waals surface area contributed by atoms with Crippen molar-refractivity contribution in [3.8, 4) is 0 Å². The normalized spacial score (nSPS) is 15.2. The van der Waals surface area contributed by atoms with Crippen LogP contribution < -0.4 is 10.6 Å². The van der Waals surface area contributed by atoms with E-state index in [0.29, 0.717) is 12.8 Å². The predicted octanol–water partition coefficient (Wildman–Crippen LogP) is 0.740. The predicted molar refractivity (Wildman–Crippen MR) is 69.3 cm³/mol. The van der Waals surface area contributed by atoms with Crippen LogP contribution in [0.3, 0.4) is 0 Å². The summed E-state index contributed by atoms with van der Waals surface area (Å²) in [6.07, 6.45) is 0.805. The minimum Gasteiger partial charge on any atom is -0.480 e. The number of anilines is 1. The molecule has 0 atom stereocenters. The third kappa shape index (κ3) is 2.85. The lowest BCUT2D eigenvalue weighted by Gasteiger charge is -2.13. The molecule has 1 aromatic carbocycles. The zero-order valence-electron chi connectivity index (χ0n) is 10.5. The molecule has 1 amide bonds. The average Bonchev–Trinajstić information content (AvgIpc) is 3.17. The van der Waals surface area contributed by atoms with Crippen molar-refractivity contribution in [2.24, 2.45) is 0 Å². The fraction of sp³-hybridized carbons (Fsp3) is 0.333. The number of nitrogens with one attached hydrogen (secondary N) is 2. The van der Waals surface area contributed by atoms with E-state index in [1.54, 1.807) is 6.07 Å². The molecule has 1 aliphatic rings. The van der Waals surface area contributed by atoms with Crippen LogP contribution in [0.15, 0.2) is 24.3 Å². The van der Waals surface area contributed by atoms with Crippen LogP contribution in [0, 0.1) is 10.1 Å². The van der Waals surface area contributed by atoms with Crippen molar-refractivity contribution in [2.75, 3.05) is 11.9 Å². The molecule has 1 aromatic rings. The molecule has 8 heteroatoms. The van der Waals surface area contributed by atoms with Crippen molar-refractivity contribution < 1.29 is 19.6 Å². The molecule has 0 spiro atoms. The Morgan fingerprint density at radius 1 is 1.35 bits per heavy atom. The van der Waals surface area contributed by atoms with E-state index in [0.717, 1.165) is 0 Å². The highest BCUT2D eigenvalue weighted by Crippen LogP contribution is 2.35. The standard InChI is InChI=1S/C12H13N3O5/c16-10(14-12(5-6-12)11(17)18)7-13-8-3-1-2-4-9(8)15(19)20/h1-4,13H,5-7H2,(H,14,16)(H,17,18). The molecule has 3 N–H and O–H groups in total. The molecule has 0 heterocycles. The van der Waals surface area contributed by atoms with Crippen LogP contribution >= 0.6 is 0 Å². The topological polar surface area (TPSA) is 122 Å². The molecule has 0 saturated heterocycles. The maximum atomic E-state index is 11.7. The van der Waals surface area contributed by atoms with Crippen molar-refractivity contribution in [1.82, 2.24) is 5.32 Å². The quantitative estimate of drug-likeness (QED) is 0.521. The van der Waals surface area contributed by atoms with Gasteiger partial charge >= 0.3 is 5.97 Å². The summed E-state index contributed by atoms with van der Waals surface area (Å²) < 4.78 is 0. The van der Waals surface area contributed by atoms with Crippen LogP contribution in [0.2, 0.25) is 0 Å². The Labute approximate surface area is 113 Å². The maximum absolute atomic E-state index is 11.7. The van der Waals surface area contributed by atoms with Crippen LogP contribution in [0.4, 0.5) is 11.4 Å². The summed E-state index contributed by atoms with van der Waals surface area (Å²) in [6, 6.07) is 5.93. The number of aliphatic carboxylic acids is 1. The number of amides is 1. The van der Waals surface area contributed by atoms with Crippen LogP contribution in [-0.4, -0.2) is 34.0 Å². The van der Waals surface area contributed by atoms with Gasteiger partial charge in [-0.25, -0.2) is 4.79 Å². The largest absolute Gasteiger partial charge is 0.480 e. The Kier molecular flexibility index (Phi) is 3.55. The van der Waals surface area contributed by atoms with E-state index in [-0.39, 0.29) is 17.9 Å². The van der Waals surface area contributed by atoms with Crippen molar-refractivity contribution in [3.05, 3.63) is 34.4 Å². The summed E-state index contributed by atoms with van der Waals surface area (Å²) in [6.45, 7) is -0.222. The summed E-state index contributed by atoms with van der Waals surface area (Å²) in [5.74, 6) is -1.57. The Morgan fingerprint density at radius 3 is 2.55 bits per heavy atom. The number of benzene rings is 1. The summed E-state index contributed by atoms with van der Waals surface area (Å²) in [5, 5.41) is 24.8. The molecule has 0 unspecified atom stereocenters. The summed E-state index contributed by atoms with van der Waals surface area (Å²) in [4.78, 5) is 32.8. The summed E-state index contributed by atoms with van der Waals surface area (Å²) >= 11 is 0. The number of para-hydroxylation sites is 2. The van der Waals surface area contributed by atoms with Crippen molar-refractivity contribution >= 4 is 23.3 Å². The van der Waals surface area contributed by atoms with Gasteiger partial charge in [-0.3, -0.25) is 14.9 Å². The van der Waals surface area contributed by atoms with E-state index in [9.17, 15) is 19.7 Å². The van der Waals surface area contributed by atoms with Crippen molar-refractivity contribution in [1.29, 1.82) is 0 Å². The van der Waals surface area contributed by atoms with E-state index in [1.807, 2.05) is 0 Å². The van der Waals surface area contributed by atoms with Gasteiger partial charge in [-0.2, -0.15) is 0 Å². The number of carbonyl (C=O) groups is 2. The summed E-state index contributed by atoms with van der Waals surface area (Å²) in [7, 11) is 0. The van der Waals surface area contributed by atoms with E-state index in [4.69, 9.17) is 5.11 Å². The number of hydrogen-bond donors (Lipinski definition) is 3. The number of carboxylic acids is 1. The maximum Gasteiger partial charge on any atom is 0.329 e.